The maximum absolute atomic E-state index is 3.22. The zero-order chi connectivity index (χ0) is 6.81. The molecule has 0 amide bonds. The first kappa shape index (κ1) is 6.02. The molecule has 1 heteroatoms. The molecule has 0 unspecified atom stereocenters. The number of H-pyrrole nitrogens is 1. The van der Waals surface area contributed by atoms with Crippen LogP contribution in [0.25, 0.3) is 0 Å². The maximum atomic E-state index is 3.22. The fourth-order valence-corrected chi connectivity index (χ4v) is 1.29. The van der Waals surface area contributed by atoms with Crippen molar-refractivity contribution in [2.45, 2.75) is 25.7 Å². The fraction of sp³-hybridized carbons (Fsp3) is 0.556. The summed E-state index contributed by atoms with van der Waals surface area (Å²) in [6.45, 7) is 0. The Hall–Kier alpha value is -0.720. The third-order valence-corrected chi connectivity index (χ3v) is 2.18. The zero-order valence-corrected chi connectivity index (χ0v) is 6.14. The lowest BCUT2D eigenvalue weighted by Crippen LogP contribution is -1.85. The Balaban J connectivity index is 1.79. The maximum Gasteiger partial charge on any atom is 0.0147 e. The predicted molar refractivity (Wildman–Crippen MR) is 41.8 cm³/mol. The minimum atomic E-state index is 1.06. The van der Waals surface area contributed by atoms with Gasteiger partial charge >= 0.3 is 0 Å². The van der Waals surface area contributed by atoms with Crippen LogP contribution in [-0.4, -0.2) is 4.98 Å². The van der Waals surface area contributed by atoms with Gasteiger partial charge in [-0.2, -0.15) is 0 Å². The van der Waals surface area contributed by atoms with Crippen LogP contribution in [0.3, 0.4) is 0 Å². The van der Waals surface area contributed by atoms with Crippen molar-refractivity contribution in [1.29, 1.82) is 0 Å². The molecule has 1 fully saturated rings. The highest BCUT2D eigenvalue weighted by Crippen LogP contribution is 2.33. The standard InChI is InChI=1S/C9H13N/c1-2-9(10-7-1)6-5-8-3-4-8/h1-2,7-8,10H,3-6H2. The Labute approximate surface area is 61.5 Å². The van der Waals surface area contributed by atoms with Gasteiger partial charge in [0, 0.05) is 11.9 Å². The van der Waals surface area contributed by atoms with Gasteiger partial charge in [-0.1, -0.05) is 12.8 Å². The number of rotatable bonds is 3. The van der Waals surface area contributed by atoms with Crippen LogP contribution in [0.1, 0.15) is 25.0 Å². The van der Waals surface area contributed by atoms with E-state index in [1.165, 1.54) is 31.4 Å². The van der Waals surface area contributed by atoms with E-state index in [9.17, 15) is 0 Å². The van der Waals surface area contributed by atoms with E-state index in [0.717, 1.165) is 5.92 Å². The number of hydrogen-bond acceptors (Lipinski definition) is 0. The van der Waals surface area contributed by atoms with Crippen LogP contribution < -0.4 is 0 Å². The molecular formula is C9H13N. The Morgan fingerprint density at radius 3 is 3.00 bits per heavy atom. The first-order valence-electron chi connectivity index (χ1n) is 4.07. The Morgan fingerprint density at radius 2 is 2.40 bits per heavy atom. The molecule has 10 heavy (non-hydrogen) atoms. The van der Waals surface area contributed by atoms with Gasteiger partial charge in [-0.05, 0) is 30.9 Å². The monoisotopic (exact) mass is 135 g/mol. The smallest absolute Gasteiger partial charge is 0.0147 e. The molecule has 0 spiro atoms. The third-order valence-electron chi connectivity index (χ3n) is 2.18. The highest BCUT2D eigenvalue weighted by molar-refractivity contribution is 5.03. The highest BCUT2D eigenvalue weighted by atomic mass is 14.7. The first-order chi connectivity index (χ1) is 4.95. The van der Waals surface area contributed by atoms with Crippen LogP contribution in [0.2, 0.25) is 0 Å². The van der Waals surface area contributed by atoms with E-state index in [1.54, 1.807) is 0 Å². The van der Waals surface area contributed by atoms with E-state index in [1.807, 2.05) is 6.20 Å². The predicted octanol–water partition coefficient (Wildman–Crippen LogP) is 2.36. The van der Waals surface area contributed by atoms with Crippen molar-refractivity contribution in [3.05, 3.63) is 24.0 Å². The summed E-state index contributed by atoms with van der Waals surface area (Å²) in [5.41, 5.74) is 1.40. The Kier molecular flexibility index (Phi) is 1.50. The molecule has 1 nitrogen and oxygen atoms in total. The second-order valence-electron chi connectivity index (χ2n) is 3.18. The summed E-state index contributed by atoms with van der Waals surface area (Å²) in [5.74, 6) is 1.06. The van der Waals surface area contributed by atoms with Gasteiger partial charge in [0.25, 0.3) is 0 Å². The van der Waals surface area contributed by atoms with Crippen molar-refractivity contribution in [1.82, 2.24) is 4.98 Å². The van der Waals surface area contributed by atoms with E-state index >= 15 is 0 Å². The van der Waals surface area contributed by atoms with Gasteiger partial charge in [0.15, 0.2) is 0 Å². The van der Waals surface area contributed by atoms with Crippen molar-refractivity contribution in [3.63, 3.8) is 0 Å². The molecule has 0 aromatic carbocycles. The molecule has 0 radical (unpaired) electrons. The van der Waals surface area contributed by atoms with Crippen molar-refractivity contribution in [2.75, 3.05) is 0 Å². The van der Waals surface area contributed by atoms with Gasteiger partial charge in [0.05, 0.1) is 0 Å². The van der Waals surface area contributed by atoms with Crippen LogP contribution in [0, 0.1) is 5.92 Å². The van der Waals surface area contributed by atoms with Crippen molar-refractivity contribution < 1.29 is 0 Å². The molecule has 1 aromatic rings. The minimum absolute atomic E-state index is 1.06. The normalized spacial score (nSPS) is 17.6. The number of hydrogen-bond donors (Lipinski definition) is 1. The molecule has 0 atom stereocenters. The molecule has 1 N–H and O–H groups in total. The van der Waals surface area contributed by atoms with Crippen LogP contribution in [0.4, 0.5) is 0 Å². The molecule has 2 rings (SSSR count). The summed E-state index contributed by atoms with van der Waals surface area (Å²) in [4.78, 5) is 3.22. The fourth-order valence-electron chi connectivity index (χ4n) is 1.29. The van der Waals surface area contributed by atoms with Crippen LogP contribution in [-0.2, 0) is 6.42 Å². The van der Waals surface area contributed by atoms with Gasteiger partial charge in [0.1, 0.15) is 0 Å². The largest absolute Gasteiger partial charge is 0.365 e. The summed E-state index contributed by atoms with van der Waals surface area (Å²) in [6.07, 6.45) is 7.59. The van der Waals surface area contributed by atoms with Gasteiger partial charge in [-0.15, -0.1) is 0 Å². The molecule has 0 bridgehead atoms. The van der Waals surface area contributed by atoms with E-state index < -0.39 is 0 Å². The molecule has 0 saturated heterocycles. The number of aromatic nitrogens is 1. The van der Waals surface area contributed by atoms with Crippen molar-refractivity contribution in [3.8, 4) is 0 Å². The molecule has 1 heterocycles. The summed E-state index contributed by atoms with van der Waals surface area (Å²) >= 11 is 0. The molecule has 0 aliphatic heterocycles. The minimum Gasteiger partial charge on any atom is -0.365 e. The zero-order valence-electron chi connectivity index (χ0n) is 6.14. The second kappa shape index (κ2) is 2.49. The van der Waals surface area contributed by atoms with Gasteiger partial charge in [-0.3, -0.25) is 0 Å². The molecule has 1 saturated carbocycles. The third kappa shape index (κ3) is 1.41. The lowest BCUT2D eigenvalue weighted by molar-refractivity contribution is 0.717. The Morgan fingerprint density at radius 1 is 1.50 bits per heavy atom. The quantitative estimate of drug-likeness (QED) is 0.654. The average molecular weight is 135 g/mol. The van der Waals surface area contributed by atoms with Crippen molar-refractivity contribution in [2.24, 2.45) is 5.92 Å². The van der Waals surface area contributed by atoms with E-state index in [-0.39, 0.29) is 0 Å². The van der Waals surface area contributed by atoms with Gasteiger partial charge in [-0.25, -0.2) is 0 Å². The second-order valence-corrected chi connectivity index (χ2v) is 3.18. The van der Waals surface area contributed by atoms with Crippen LogP contribution in [0.5, 0.6) is 0 Å². The lowest BCUT2D eigenvalue weighted by atomic mass is 10.2. The van der Waals surface area contributed by atoms with E-state index in [2.05, 4.69) is 17.1 Å². The Bertz CT molecular complexity index is 185. The number of aromatic amines is 1. The SMILES string of the molecule is c1c[nH]c(CCC2CC2)c1. The summed E-state index contributed by atoms with van der Waals surface area (Å²) in [5, 5.41) is 0. The molecule has 1 aliphatic rings. The van der Waals surface area contributed by atoms with Gasteiger partial charge in [0.2, 0.25) is 0 Å². The van der Waals surface area contributed by atoms with Crippen molar-refractivity contribution >= 4 is 0 Å². The highest BCUT2D eigenvalue weighted by Gasteiger charge is 2.20. The van der Waals surface area contributed by atoms with E-state index in [4.69, 9.17) is 0 Å². The number of aryl methyl sites for hydroxylation is 1. The first-order valence-corrected chi connectivity index (χ1v) is 4.07. The van der Waals surface area contributed by atoms with Crippen LogP contribution in [0.15, 0.2) is 18.3 Å². The summed E-state index contributed by atoms with van der Waals surface area (Å²) in [6, 6.07) is 4.24. The van der Waals surface area contributed by atoms with E-state index in [0.29, 0.717) is 0 Å². The molecule has 54 valence electrons. The topological polar surface area (TPSA) is 15.8 Å². The summed E-state index contributed by atoms with van der Waals surface area (Å²) < 4.78 is 0. The summed E-state index contributed by atoms with van der Waals surface area (Å²) in [7, 11) is 0. The molecule has 1 aliphatic carbocycles. The lowest BCUT2D eigenvalue weighted by Gasteiger charge is -1.93. The average Bonchev–Trinajstić information content (AvgIpc) is 2.63. The van der Waals surface area contributed by atoms with Crippen LogP contribution >= 0.6 is 0 Å². The molecular weight excluding hydrogens is 122 g/mol. The molecule has 1 aromatic heterocycles. The van der Waals surface area contributed by atoms with Gasteiger partial charge < -0.3 is 4.98 Å². The number of nitrogens with one attached hydrogen (secondary N) is 1.